The highest BCUT2D eigenvalue weighted by Gasteiger charge is 2.43. The van der Waals surface area contributed by atoms with Crippen LogP contribution in [-0.4, -0.2) is 39.5 Å². The maximum Gasteiger partial charge on any atom is 0.341 e. The number of rotatable bonds is 8. The quantitative estimate of drug-likeness (QED) is 0.348. The van der Waals surface area contributed by atoms with Gasteiger partial charge in [0.1, 0.15) is 10.8 Å². The van der Waals surface area contributed by atoms with Crippen LogP contribution in [0, 0.1) is 0 Å². The lowest BCUT2D eigenvalue weighted by molar-refractivity contribution is -0.113. The van der Waals surface area contributed by atoms with E-state index in [9.17, 15) is 9.59 Å². The van der Waals surface area contributed by atoms with Gasteiger partial charge in [0.05, 0.1) is 18.4 Å². The van der Waals surface area contributed by atoms with Gasteiger partial charge in [0.25, 0.3) is 0 Å². The Balaban J connectivity index is 1.25. The molecule has 34 heavy (non-hydrogen) atoms. The summed E-state index contributed by atoms with van der Waals surface area (Å²) in [6, 6.07) is 10.5. The number of anilines is 1. The van der Waals surface area contributed by atoms with E-state index in [1.807, 2.05) is 6.07 Å². The summed E-state index contributed by atoms with van der Waals surface area (Å²) < 4.78 is 7.12. The van der Waals surface area contributed by atoms with Crippen LogP contribution in [0.3, 0.4) is 0 Å². The van der Waals surface area contributed by atoms with Crippen LogP contribution < -0.4 is 5.32 Å². The van der Waals surface area contributed by atoms with Crippen molar-refractivity contribution in [3.63, 3.8) is 0 Å². The van der Waals surface area contributed by atoms with E-state index in [1.54, 1.807) is 0 Å². The molecule has 9 heteroatoms. The lowest BCUT2D eigenvalue weighted by Crippen LogP contribution is -2.17. The van der Waals surface area contributed by atoms with Crippen LogP contribution in [0.4, 0.5) is 5.00 Å². The normalized spacial score (nSPS) is 18.9. The smallest absolute Gasteiger partial charge is 0.341 e. The molecule has 1 amide bonds. The molecule has 1 saturated carbocycles. The minimum atomic E-state index is -0.380. The van der Waals surface area contributed by atoms with Crippen LogP contribution in [0.2, 0.25) is 0 Å². The minimum absolute atomic E-state index is 0.158. The first-order valence-electron chi connectivity index (χ1n) is 11.7. The van der Waals surface area contributed by atoms with Crippen molar-refractivity contribution in [2.75, 3.05) is 18.2 Å². The SMILES string of the molecule is CCn1c(SCC(=O)Nc2sc3c(c2C(=O)OC)CCCC3)nnc1C1CC1c1ccccc1. The van der Waals surface area contributed by atoms with Crippen molar-refractivity contribution in [2.45, 2.75) is 62.6 Å². The summed E-state index contributed by atoms with van der Waals surface area (Å²) in [6.45, 7) is 2.84. The van der Waals surface area contributed by atoms with Gasteiger partial charge in [0.15, 0.2) is 5.16 Å². The molecule has 7 nitrogen and oxygen atoms in total. The molecular formula is C25H28N4O3S2. The second kappa shape index (κ2) is 9.92. The number of aromatic nitrogens is 3. The molecule has 2 aromatic heterocycles. The standard InChI is InChI=1S/C25H28N4O3S2/c1-3-29-22(18-13-17(18)15-9-5-4-6-10-15)27-28-25(29)33-14-20(30)26-23-21(24(31)32-2)16-11-7-8-12-19(16)34-23/h4-6,9-10,17-18H,3,7-8,11-14H2,1-2H3,(H,26,30). The van der Waals surface area contributed by atoms with E-state index in [2.05, 4.69) is 51.3 Å². The van der Waals surface area contributed by atoms with Crippen LogP contribution in [0.15, 0.2) is 35.5 Å². The number of thioether (sulfide) groups is 1. The molecule has 0 radical (unpaired) electrons. The Labute approximate surface area is 207 Å². The van der Waals surface area contributed by atoms with Gasteiger partial charge >= 0.3 is 5.97 Å². The number of ether oxygens (including phenoxy) is 1. The molecule has 3 aromatic rings. The van der Waals surface area contributed by atoms with E-state index >= 15 is 0 Å². The lowest BCUT2D eigenvalue weighted by Gasteiger charge is -2.11. The van der Waals surface area contributed by atoms with Crippen molar-refractivity contribution in [2.24, 2.45) is 0 Å². The summed E-state index contributed by atoms with van der Waals surface area (Å²) in [5.41, 5.74) is 2.91. The highest BCUT2D eigenvalue weighted by Crippen LogP contribution is 2.54. The topological polar surface area (TPSA) is 86.1 Å². The number of thiophene rings is 1. The van der Waals surface area contributed by atoms with E-state index in [1.165, 1.54) is 40.6 Å². The first-order valence-corrected chi connectivity index (χ1v) is 13.5. The Hall–Kier alpha value is -2.65. The zero-order chi connectivity index (χ0) is 23.7. The molecule has 178 valence electrons. The first-order chi connectivity index (χ1) is 16.6. The van der Waals surface area contributed by atoms with Crippen LogP contribution in [0.5, 0.6) is 0 Å². The van der Waals surface area contributed by atoms with E-state index in [-0.39, 0.29) is 17.6 Å². The van der Waals surface area contributed by atoms with Crippen molar-refractivity contribution >= 4 is 40.0 Å². The monoisotopic (exact) mass is 496 g/mol. The lowest BCUT2D eigenvalue weighted by atomic mass is 9.95. The molecule has 0 saturated heterocycles. The summed E-state index contributed by atoms with van der Waals surface area (Å²) in [5.74, 6) is 1.52. The van der Waals surface area contributed by atoms with Gasteiger partial charge in [-0.15, -0.1) is 21.5 Å². The molecule has 2 aliphatic carbocycles. The van der Waals surface area contributed by atoms with Crippen LogP contribution in [-0.2, 0) is 28.9 Å². The minimum Gasteiger partial charge on any atom is -0.465 e. The average molecular weight is 497 g/mol. The fraction of sp³-hybridized carbons (Fsp3) is 0.440. The third-order valence-corrected chi connectivity index (χ3v) is 8.73. The van der Waals surface area contributed by atoms with Gasteiger partial charge < -0.3 is 14.6 Å². The molecule has 1 aromatic carbocycles. The van der Waals surface area contributed by atoms with Gasteiger partial charge in [-0.2, -0.15) is 0 Å². The third kappa shape index (κ3) is 4.51. The van der Waals surface area contributed by atoms with Gasteiger partial charge in [-0.1, -0.05) is 42.1 Å². The van der Waals surface area contributed by atoms with Crippen LogP contribution >= 0.6 is 23.1 Å². The summed E-state index contributed by atoms with van der Waals surface area (Å²) in [6.07, 6.45) is 5.04. The Bertz CT molecular complexity index is 1200. The number of methoxy groups -OCH3 is 1. The summed E-state index contributed by atoms with van der Waals surface area (Å²) >= 11 is 2.89. The summed E-state index contributed by atoms with van der Waals surface area (Å²) in [5, 5.41) is 13.2. The van der Waals surface area contributed by atoms with Gasteiger partial charge in [0.2, 0.25) is 5.91 Å². The molecule has 1 fully saturated rings. The van der Waals surface area contributed by atoms with E-state index in [0.29, 0.717) is 22.4 Å². The van der Waals surface area contributed by atoms with Crippen molar-refractivity contribution < 1.29 is 14.3 Å². The maximum atomic E-state index is 12.8. The van der Waals surface area contributed by atoms with Crippen LogP contribution in [0.25, 0.3) is 0 Å². The van der Waals surface area contributed by atoms with Gasteiger partial charge in [0, 0.05) is 17.3 Å². The van der Waals surface area contributed by atoms with Crippen molar-refractivity contribution in [1.82, 2.24) is 14.8 Å². The first kappa shape index (κ1) is 23.1. The van der Waals surface area contributed by atoms with Crippen LogP contribution in [0.1, 0.15) is 70.2 Å². The Morgan fingerprint density at radius 2 is 1.97 bits per heavy atom. The number of nitrogens with one attached hydrogen (secondary N) is 1. The number of aryl methyl sites for hydroxylation is 1. The molecule has 2 heterocycles. The molecule has 0 aliphatic heterocycles. The third-order valence-electron chi connectivity index (χ3n) is 6.56. The molecule has 1 N–H and O–H groups in total. The highest BCUT2D eigenvalue weighted by atomic mass is 32.2. The Morgan fingerprint density at radius 1 is 1.18 bits per heavy atom. The van der Waals surface area contributed by atoms with E-state index in [0.717, 1.165) is 55.2 Å². The molecule has 2 atom stereocenters. The Kier molecular flexibility index (Phi) is 6.74. The number of amides is 1. The second-order valence-corrected chi connectivity index (χ2v) is 10.7. The molecule has 2 unspecified atom stereocenters. The molecule has 0 spiro atoms. The number of fused-ring (bicyclic) bond motifs is 1. The number of hydrogen-bond acceptors (Lipinski definition) is 7. The van der Waals surface area contributed by atoms with Crippen molar-refractivity contribution in [1.29, 1.82) is 0 Å². The Morgan fingerprint density at radius 3 is 2.74 bits per heavy atom. The number of nitrogens with zero attached hydrogens (tertiary/aromatic N) is 3. The summed E-state index contributed by atoms with van der Waals surface area (Å²) in [7, 11) is 1.38. The average Bonchev–Trinajstić information content (AvgIpc) is 3.42. The summed E-state index contributed by atoms with van der Waals surface area (Å²) in [4.78, 5) is 26.4. The number of benzene rings is 1. The van der Waals surface area contributed by atoms with Gasteiger partial charge in [-0.3, -0.25) is 4.79 Å². The largest absolute Gasteiger partial charge is 0.465 e. The molecule has 0 bridgehead atoms. The van der Waals surface area contributed by atoms with E-state index < -0.39 is 0 Å². The number of hydrogen-bond donors (Lipinski definition) is 1. The number of esters is 1. The highest BCUT2D eigenvalue weighted by molar-refractivity contribution is 7.99. The maximum absolute atomic E-state index is 12.8. The predicted octanol–water partition coefficient (Wildman–Crippen LogP) is 5.03. The fourth-order valence-corrected chi connectivity index (χ4v) is 6.90. The fourth-order valence-electron chi connectivity index (χ4n) is 4.79. The van der Waals surface area contributed by atoms with E-state index in [4.69, 9.17) is 4.74 Å². The predicted molar refractivity (Wildman–Crippen MR) is 134 cm³/mol. The van der Waals surface area contributed by atoms with Crippen molar-refractivity contribution in [3.05, 3.63) is 57.7 Å². The van der Waals surface area contributed by atoms with Gasteiger partial charge in [-0.05, 0) is 56.1 Å². The second-order valence-electron chi connectivity index (χ2n) is 8.69. The van der Waals surface area contributed by atoms with Crippen molar-refractivity contribution in [3.8, 4) is 0 Å². The number of carbonyl (C=O) groups is 2. The molecular weight excluding hydrogens is 468 g/mol. The molecule has 5 rings (SSSR count). The zero-order valence-corrected chi connectivity index (χ0v) is 21.0. The van der Waals surface area contributed by atoms with Gasteiger partial charge in [-0.25, -0.2) is 4.79 Å². The number of carbonyl (C=O) groups excluding carboxylic acids is 2. The zero-order valence-electron chi connectivity index (χ0n) is 19.4. The molecule has 2 aliphatic rings.